The Hall–Kier alpha value is -1.26. The van der Waals surface area contributed by atoms with Crippen molar-refractivity contribution in [2.75, 3.05) is 19.8 Å². The zero-order chi connectivity index (χ0) is 14.9. The summed E-state index contributed by atoms with van der Waals surface area (Å²) in [5.74, 6) is -0.365. The molecule has 2 saturated heterocycles. The Morgan fingerprint density at radius 2 is 2.00 bits per heavy atom. The molecule has 1 aromatic carbocycles. The summed E-state index contributed by atoms with van der Waals surface area (Å²) in [6, 6.07) is 4.57. The summed E-state index contributed by atoms with van der Waals surface area (Å²) < 4.78 is 24.9. The van der Waals surface area contributed by atoms with E-state index in [0.29, 0.717) is 25.4 Å². The zero-order valence-corrected chi connectivity index (χ0v) is 12.4. The zero-order valence-electron chi connectivity index (χ0n) is 12.4. The third kappa shape index (κ3) is 3.16. The number of benzene rings is 1. The number of halogens is 1. The number of rotatable bonds is 2. The van der Waals surface area contributed by atoms with Crippen molar-refractivity contribution in [1.82, 2.24) is 0 Å². The number of hydrogen-bond acceptors (Lipinski definition) is 3. The van der Waals surface area contributed by atoms with Crippen molar-refractivity contribution in [2.45, 2.75) is 38.2 Å². The first kappa shape index (κ1) is 14.7. The maximum atomic E-state index is 13.5. The van der Waals surface area contributed by atoms with Gasteiger partial charge in [0.15, 0.2) is 5.78 Å². The van der Waals surface area contributed by atoms with Gasteiger partial charge in [0.1, 0.15) is 5.82 Å². The van der Waals surface area contributed by atoms with Gasteiger partial charge in [0.25, 0.3) is 0 Å². The molecule has 0 saturated carbocycles. The summed E-state index contributed by atoms with van der Waals surface area (Å²) in [6.45, 7) is 3.80. The van der Waals surface area contributed by atoms with E-state index in [0.717, 1.165) is 31.2 Å². The van der Waals surface area contributed by atoms with Gasteiger partial charge in [0.05, 0.1) is 5.60 Å². The number of carbonyl (C=O) groups is 1. The Bertz CT molecular complexity index is 509. The summed E-state index contributed by atoms with van der Waals surface area (Å²) in [4.78, 5) is 12.7. The highest BCUT2D eigenvalue weighted by Gasteiger charge is 2.41. The number of Topliss-reactive ketones (excluding diaryl/α,β-unsaturated/α-hetero) is 1. The second-order valence-corrected chi connectivity index (χ2v) is 6.22. The van der Waals surface area contributed by atoms with Gasteiger partial charge in [0, 0.05) is 31.3 Å². The van der Waals surface area contributed by atoms with Crippen molar-refractivity contribution in [2.24, 2.45) is 5.92 Å². The molecular weight excluding hydrogens is 271 g/mol. The number of ketones is 1. The van der Waals surface area contributed by atoms with Crippen LogP contribution in [-0.2, 0) is 9.47 Å². The highest BCUT2D eigenvalue weighted by atomic mass is 19.1. The van der Waals surface area contributed by atoms with Gasteiger partial charge >= 0.3 is 0 Å². The van der Waals surface area contributed by atoms with Crippen molar-refractivity contribution in [3.8, 4) is 0 Å². The largest absolute Gasteiger partial charge is 0.381 e. The van der Waals surface area contributed by atoms with Crippen molar-refractivity contribution in [3.63, 3.8) is 0 Å². The lowest BCUT2D eigenvalue weighted by atomic mass is 9.78. The van der Waals surface area contributed by atoms with Crippen LogP contribution in [0, 0.1) is 18.7 Å². The van der Waals surface area contributed by atoms with E-state index in [9.17, 15) is 9.18 Å². The molecule has 1 spiro atoms. The van der Waals surface area contributed by atoms with E-state index in [1.54, 1.807) is 6.07 Å². The molecule has 114 valence electrons. The molecule has 4 heteroatoms. The van der Waals surface area contributed by atoms with Gasteiger partial charge in [-0.15, -0.1) is 0 Å². The Morgan fingerprint density at radius 1 is 1.24 bits per heavy atom. The SMILES string of the molecule is Cc1cc(F)cc(C(=O)C2CCOC3(CCOCC3)C2)c1. The molecule has 2 aliphatic rings. The fourth-order valence-electron chi connectivity index (χ4n) is 3.46. The molecule has 1 atom stereocenters. The van der Waals surface area contributed by atoms with Crippen LogP contribution in [0.4, 0.5) is 4.39 Å². The molecule has 1 aromatic rings. The fourth-order valence-corrected chi connectivity index (χ4v) is 3.46. The highest BCUT2D eigenvalue weighted by molar-refractivity contribution is 5.98. The molecule has 2 heterocycles. The third-order valence-electron chi connectivity index (χ3n) is 4.59. The predicted octanol–water partition coefficient (Wildman–Crippen LogP) is 3.29. The van der Waals surface area contributed by atoms with E-state index in [-0.39, 0.29) is 23.1 Å². The van der Waals surface area contributed by atoms with Crippen LogP contribution in [-0.4, -0.2) is 31.2 Å². The molecule has 0 aliphatic carbocycles. The summed E-state index contributed by atoms with van der Waals surface area (Å²) in [5.41, 5.74) is 1.06. The number of aryl methyl sites for hydroxylation is 1. The Labute approximate surface area is 124 Å². The lowest BCUT2D eigenvalue weighted by molar-refractivity contribution is -0.142. The van der Waals surface area contributed by atoms with E-state index in [4.69, 9.17) is 9.47 Å². The monoisotopic (exact) mass is 292 g/mol. The van der Waals surface area contributed by atoms with Crippen LogP contribution >= 0.6 is 0 Å². The van der Waals surface area contributed by atoms with Crippen molar-refractivity contribution in [3.05, 3.63) is 35.1 Å². The Morgan fingerprint density at radius 3 is 2.71 bits per heavy atom. The molecule has 0 radical (unpaired) electrons. The van der Waals surface area contributed by atoms with E-state index >= 15 is 0 Å². The van der Waals surface area contributed by atoms with Crippen LogP contribution in [0.15, 0.2) is 18.2 Å². The van der Waals surface area contributed by atoms with Gasteiger partial charge in [-0.2, -0.15) is 0 Å². The van der Waals surface area contributed by atoms with Crippen molar-refractivity contribution >= 4 is 5.78 Å². The van der Waals surface area contributed by atoms with Crippen LogP contribution in [0.1, 0.15) is 41.6 Å². The lowest BCUT2D eigenvalue weighted by Gasteiger charge is -2.42. The predicted molar refractivity (Wildman–Crippen MR) is 76.9 cm³/mol. The summed E-state index contributed by atoms with van der Waals surface area (Å²) >= 11 is 0. The van der Waals surface area contributed by atoms with E-state index in [2.05, 4.69) is 0 Å². The Kier molecular flexibility index (Phi) is 4.09. The van der Waals surface area contributed by atoms with Crippen LogP contribution < -0.4 is 0 Å². The van der Waals surface area contributed by atoms with Crippen LogP contribution in [0.25, 0.3) is 0 Å². The minimum Gasteiger partial charge on any atom is -0.381 e. The fraction of sp³-hybridized carbons (Fsp3) is 0.588. The van der Waals surface area contributed by atoms with Crippen molar-refractivity contribution in [1.29, 1.82) is 0 Å². The minimum absolute atomic E-state index is 0.0479. The molecule has 0 amide bonds. The standard InChI is InChI=1S/C17H21FO3/c1-12-8-14(10-15(18)9-12)16(19)13-2-5-21-17(11-13)3-6-20-7-4-17/h8-10,13H,2-7,11H2,1H3. The first-order valence-corrected chi connectivity index (χ1v) is 7.61. The van der Waals surface area contributed by atoms with Gasteiger partial charge in [-0.25, -0.2) is 4.39 Å². The summed E-state index contributed by atoms with van der Waals surface area (Å²) in [5, 5.41) is 0. The van der Waals surface area contributed by atoms with Gasteiger partial charge in [0.2, 0.25) is 0 Å². The molecule has 0 N–H and O–H groups in total. The molecule has 2 fully saturated rings. The normalized spacial score (nSPS) is 25.0. The van der Waals surface area contributed by atoms with E-state index < -0.39 is 0 Å². The van der Waals surface area contributed by atoms with E-state index in [1.165, 1.54) is 12.1 Å². The summed E-state index contributed by atoms with van der Waals surface area (Å²) in [6.07, 6.45) is 3.14. The average molecular weight is 292 g/mol. The molecule has 0 bridgehead atoms. The second-order valence-electron chi connectivity index (χ2n) is 6.22. The van der Waals surface area contributed by atoms with Crippen LogP contribution in [0.2, 0.25) is 0 Å². The quantitative estimate of drug-likeness (QED) is 0.785. The first-order chi connectivity index (χ1) is 10.1. The molecule has 3 nitrogen and oxygen atoms in total. The molecule has 2 aliphatic heterocycles. The Balaban J connectivity index is 1.77. The topological polar surface area (TPSA) is 35.5 Å². The highest BCUT2D eigenvalue weighted by Crippen LogP contribution is 2.38. The molecule has 0 aromatic heterocycles. The molecule has 21 heavy (non-hydrogen) atoms. The van der Waals surface area contributed by atoms with Gasteiger partial charge in [-0.05, 0) is 56.4 Å². The van der Waals surface area contributed by atoms with Crippen LogP contribution in [0.3, 0.4) is 0 Å². The van der Waals surface area contributed by atoms with Crippen molar-refractivity contribution < 1.29 is 18.7 Å². The lowest BCUT2D eigenvalue weighted by Crippen LogP contribution is -2.45. The van der Waals surface area contributed by atoms with Gasteiger partial charge in [-0.1, -0.05) is 0 Å². The average Bonchev–Trinajstić information content (AvgIpc) is 2.46. The number of ether oxygens (including phenoxy) is 2. The third-order valence-corrected chi connectivity index (χ3v) is 4.59. The van der Waals surface area contributed by atoms with E-state index in [1.807, 2.05) is 6.92 Å². The smallest absolute Gasteiger partial charge is 0.166 e. The molecule has 1 unspecified atom stereocenters. The van der Waals surface area contributed by atoms with Crippen LogP contribution in [0.5, 0.6) is 0 Å². The molecular formula is C17H21FO3. The first-order valence-electron chi connectivity index (χ1n) is 7.61. The number of hydrogen-bond donors (Lipinski definition) is 0. The maximum absolute atomic E-state index is 13.5. The van der Waals surface area contributed by atoms with Gasteiger partial charge < -0.3 is 9.47 Å². The minimum atomic E-state index is -0.341. The summed E-state index contributed by atoms with van der Waals surface area (Å²) in [7, 11) is 0. The molecule has 3 rings (SSSR count). The van der Waals surface area contributed by atoms with Gasteiger partial charge in [-0.3, -0.25) is 4.79 Å². The second kappa shape index (κ2) is 5.85. The number of carbonyl (C=O) groups excluding carboxylic acids is 1. The maximum Gasteiger partial charge on any atom is 0.166 e.